The summed E-state index contributed by atoms with van der Waals surface area (Å²) in [5.41, 5.74) is 15.1. The van der Waals surface area contributed by atoms with Crippen LogP contribution in [-0.4, -0.2) is 14.8 Å². The van der Waals surface area contributed by atoms with Gasteiger partial charge in [-0.2, -0.15) is 0 Å². The van der Waals surface area contributed by atoms with E-state index in [4.69, 9.17) is 4.42 Å². The minimum Gasteiger partial charge on any atom is -0.416 e. The van der Waals surface area contributed by atoms with Crippen LogP contribution in [0.3, 0.4) is 0 Å². The topological polar surface area (TPSA) is 43.9 Å². The molecule has 0 radical (unpaired) electrons. The Morgan fingerprint density at radius 2 is 0.914 bits per heavy atom. The van der Waals surface area contributed by atoms with Crippen molar-refractivity contribution in [3.05, 3.63) is 210 Å². The molecule has 58 heavy (non-hydrogen) atoms. The van der Waals surface area contributed by atoms with E-state index in [1.54, 1.807) is 0 Å². The summed E-state index contributed by atoms with van der Waals surface area (Å²) in [4.78, 5) is 0. The first-order chi connectivity index (χ1) is 28.8. The summed E-state index contributed by atoms with van der Waals surface area (Å²) in [5, 5.41) is 13.8. The summed E-state index contributed by atoms with van der Waals surface area (Å²) in [5.74, 6) is 1.01. The average molecular weight is 744 g/mol. The molecule has 0 bridgehead atoms. The molecule has 0 aliphatic heterocycles. The molecule has 8 aromatic carbocycles. The molecule has 4 nitrogen and oxygen atoms in total. The number of aromatic nitrogens is 3. The van der Waals surface area contributed by atoms with Gasteiger partial charge in [0.1, 0.15) is 0 Å². The lowest BCUT2D eigenvalue weighted by Crippen LogP contribution is -2.29. The molecule has 0 atom stereocenters. The Balaban J connectivity index is 1.02. The van der Waals surface area contributed by atoms with E-state index in [2.05, 4.69) is 185 Å². The van der Waals surface area contributed by atoms with Crippen LogP contribution in [0.25, 0.3) is 95.4 Å². The van der Waals surface area contributed by atoms with E-state index in [0.717, 1.165) is 40.8 Å². The second kappa shape index (κ2) is 14.2. The van der Waals surface area contributed by atoms with Gasteiger partial charge in [0, 0.05) is 27.6 Å². The highest BCUT2D eigenvalue weighted by Crippen LogP contribution is 2.41. The first kappa shape index (κ1) is 33.8. The quantitative estimate of drug-likeness (QED) is 0.163. The summed E-state index contributed by atoms with van der Waals surface area (Å²) in [6, 6.07) is 69.3. The Labute approximate surface area is 336 Å². The summed E-state index contributed by atoms with van der Waals surface area (Å²) >= 11 is 0. The lowest BCUT2D eigenvalue weighted by molar-refractivity contribution is 0.584. The van der Waals surface area contributed by atoms with Gasteiger partial charge < -0.3 is 8.98 Å². The van der Waals surface area contributed by atoms with Crippen LogP contribution in [0.2, 0.25) is 0 Å². The van der Waals surface area contributed by atoms with E-state index in [1.165, 1.54) is 65.6 Å². The van der Waals surface area contributed by atoms with Crippen molar-refractivity contribution in [1.82, 2.24) is 14.8 Å². The molecule has 0 saturated heterocycles. The van der Waals surface area contributed by atoms with Gasteiger partial charge in [0.2, 0.25) is 11.8 Å². The van der Waals surface area contributed by atoms with Crippen LogP contribution >= 0.6 is 0 Å². The Bertz CT molecular complexity index is 3270. The van der Waals surface area contributed by atoms with Gasteiger partial charge in [-0.25, -0.2) is 0 Å². The van der Waals surface area contributed by atoms with E-state index in [9.17, 15) is 0 Å². The van der Waals surface area contributed by atoms with Crippen molar-refractivity contribution in [3.63, 3.8) is 0 Å². The monoisotopic (exact) mass is 743 g/mol. The zero-order chi connectivity index (χ0) is 38.4. The van der Waals surface area contributed by atoms with Crippen molar-refractivity contribution in [1.29, 1.82) is 0 Å². The maximum absolute atomic E-state index is 6.07. The summed E-state index contributed by atoms with van der Waals surface area (Å²) in [6.45, 7) is 0. The molecule has 1 aliphatic rings. The lowest BCUT2D eigenvalue weighted by Gasteiger charge is -2.15. The zero-order valence-corrected chi connectivity index (χ0v) is 31.7. The predicted octanol–water partition coefficient (Wildman–Crippen LogP) is 12.3. The molecule has 1 aliphatic carbocycles. The van der Waals surface area contributed by atoms with Crippen molar-refractivity contribution in [2.75, 3.05) is 0 Å². The van der Waals surface area contributed by atoms with Gasteiger partial charge in [0.25, 0.3) is 0 Å². The lowest BCUT2D eigenvalue weighted by atomic mass is 9.89. The van der Waals surface area contributed by atoms with Crippen LogP contribution in [0.4, 0.5) is 0 Å². The minimum absolute atomic E-state index is 0.501. The number of benzene rings is 8. The molecule has 4 heteroatoms. The molecule has 11 rings (SSSR count). The first-order valence-corrected chi connectivity index (χ1v) is 19.9. The zero-order valence-electron chi connectivity index (χ0n) is 31.7. The molecule has 274 valence electrons. The molecule has 0 spiro atoms. The normalized spacial score (nSPS) is 12.4. The third kappa shape index (κ3) is 5.86. The number of hydrogen-bond acceptors (Lipinski definition) is 3. The Hall–Kier alpha value is -7.56. The van der Waals surface area contributed by atoms with Crippen LogP contribution < -0.4 is 10.4 Å². The number of para-hydroxylation sites is 1. The van der Waals surface area contributed by atoms with Crippen LogP contribution in [-0.2, 0) is 0 Å². The van der Waals surface area contributed by atoms with Gasteiger partial charge in [0.15, 0.2) is 0 Å². The van der Waals surface area contributed by atoms with Crippen molar-refractivity contribution in [3.8, 4) is 62.0 Å². The molecule has 10 aromatic rings. The molecular formula is C54H37N3O. The van der Waals surface area contributed by atoms with Gasteiger partial charge in [-0.05, 0) is 128 Å². The highest BCUT2D eigenvalue weighted by Gasteiger charge is 2.19. The second-order valence-corrected chi connectivity index (χ2v) is 14.9. The second-order valence-electron chi connectivity index (χ2n) is 14.9. The van der Waals surface area contributed by atoms with Crippen LogP contribution in [0, 0.1) is 0 Å². The van der Waals surface area contributed by atoms with Crippen molar-refractivity contribution in [2.24, 2.45) is 0 Å². The van der Waals surface area contributed by atoms with E-state index < -0.39 is 0 Å². The molecule has 2 aromatic heterocycles. The minimum atomic E-state index is 0.501. The van der Waals surface area contributed by atoms with Crippen LogP contribution in [0.1, 0.15) is 18.4 Å². The SMILES string of the molecule is C1=c2ccccc2=C(c2ccc3c(c2)c2cc(-c4ccccc4-c4ccccc4-c4ccc(-c5nnc(-c6ccccc6)o5)cc4)ccc2n3-c2ccccc2)CC1. The van der Waals surface area contributed by atoms with Crippen LogP contribution in [0.15, 0.2) is 199 Å². The fraction of sp³-hybridized carbons (Fsp3) is 0.0370. The Kier molecular flexibility index (Phi) is 8.25. The number of fused-ring (bicyclic) bond motifs is 4. The molecular weight excluding hydrogens is 707 g/mol. The average Bonchev–Trinajstić information content (AvgIpc) is 3.93. The number of nitrogens with zero attached hydrogens (tertiary/aromatic N) is 3. The maximum atomic E-state index is 6.07. The summed E-state index contributed by atoms with van der Waals surface area (Å²) < 4.78 is 8.48. The van der Waals surface area contributed by atoms with Crippen LogP contribution in [0.5, 0.6) is 0 Å². The highest BCUT2D eigenvalue weighted by atomic mass is 16.4. The predicted molar refractivity (Wildman–Crippen MR) is 238 cm³/mol. The van der Waals surface area contributed by atoms with E-state index in [1.807, 2.05) is 30.3 Å². The standard InChI is InChI=1S/C54H37N3O/c1-3-15-38(16-4-1)53-55-56-54(58-53)39-28-26-37(27-29-39)44-21-9-11-23-47(44)48-24-12-10-22-46(48)41-31-33-52-50(35-41)49-34-40(45-25-13-17-36-14-7-8-20-43(36)45)30-32-51(49)57(52)42-18-5-2-6-19-42/h1-12,14-24,26-35H,13,25H2. The molecule has 0 saturated carbocycles. The first-order valence-electron chi connectivity index (χ1n) is 19.9. The highest BCUT2D eigenvalue weighted by molar-refractivity contribution is 6.11. The van der Waals surface area contributed by atoms with Gasteiger partial charge in [-0.15, -0.1) is 10.2 Å². The van der Waals surface area contributed by atoms with Crippen molar-refractivity contribution < 1.29 is 4.42 Å². The van der Waals surface area contributed by atoms with E-state index in [-0.39, 0.29) is 0 Å². The van der Waals surface area contributed by atoms with Gasteiger partial charge in [-0.1, -0.05) is 140 Å². The van der Waals surface area contributed by atoms with Gasteiger partial charge in [-0.3, -0.25) is 0 Å². The Morgan fingerprint density at radius 3 is 1.60 bits per heavy atom. The third-order valence-corrected chi connectivity index (χ3v) is 11.5. The Morgan fingerprint density at radius 1 is 0.414 bits per heavy atom. The van der Waals surface area contributed by atoms with Gasteiger partial charge in [0.05, 0.1) is 11.0 Å². The number of hydrogen-bond donors (Lipinski definition) is 0. The molecule has 0 fully saturated rings. The molecule has 0 unspecified atom stereocenters. The fourth-order valence-corrected chi connectivity index (χ4v) is 8.76. The molecule has 0 amide bonds. The fourth-order valence-electron chi connectivity index (χ4n) is 8.76. The molecule has 2 heterocycles. The van der Waals surface area contributed by atoms with Gasteiger partial charge >= 0.3 is 0 Å². The summed E-state index contributed by atoms with van der Waals surface area (Å²) in [6.07, 6.45) is 4.46. The largest absolute Gasteiger partial charge is 0.416 e. The van der Waals surface area contributed by atoms with Crippen molar-refractivity contribution in [2.45, 2.75) is 12.8 Å². The van der Waals surface area contributed by atoms with E-state index in [0.29, 0.717) is 11.8 Å². The summed E-state index contributed by atoms with van der Waals surface area (Å²) in [7, 11) is 0. The van der Waals surface area contributed by atoms with Crippen molar-refractivity contribution >= 4 is 33.5 Å². The number of rotatable bonds is 7. The third-order valence-electron chi connectivity index (χ3n) is 11.5. The van der Waals surface area contributed by atoms with E-state index >= 15 is 0 Å². The maximum Gasteiger partial charge on any atom is 0.248 e. The smallest absolute Gasteiger partial charge is 0.248 e. The molecule has 0 N–H and O–H groups in total.